The van der Waals surface area contributed by atoms with Crippen molar-refractivity contribution in [2.24, 2.45) is 0 Å². The van der Waals surface area contributed by atoms with Crippen LogP contribution in [0.3, 0.4) is 0 Å². The topological polar surface area (TPSA) is 94.6 Å². The summed E-state index contributed by atoms with van der Waals surface area (Å²) in [5.41, 5.74) is 2.31. The van der Waals surface area contributed by atoms with Gasteiger partial charge < -0.3 is 15.7 Å². The molecule has 3 N–H and O–H groups in total. The molecule has 27 heavy (non-hydrogen) atoms. The molecular formula is C20H24N4O3. The van der Waals surface area contributed by atoms with E-state index < -0.39 is 5.97 Å². The number of benzene rings is 1. The van der Waals surface area contributed by atoms with Crippen LogP contribution in [0, 0.1) is 0 Å². The Morgan fingerprint density at radius 2 is 1.93 bits per heavy atom. The molecule has 0 spiro atoms. The lowest BCUT2D eigenvalue weighted by Gasteiger charge is -2.42. The lowest BCUT2D eigenvalue weighted by molar-refractivity contribution is -0.139. The molecule has 2 amide bonds. The van der Waals surface area contributed by atoms with E-state index in [1.165, 1.54) is 0 Å². The van der Waals surface area contributed by atoms with Gasteiger partial charge in [-0.25, -0.2) is 4.79 Å². The number of anilines is 1. The SMILES string of the molecule is CCN(CC(=O)O)C1CC(NC(=O)Nc2cccnc2-c2ccccc2)C1. The van der Waals surface area contributed by atoms with Crippen LogP contribution >= 0.6 is 0 Å². The Kier molecular flexibility index (Phi) is 6.03. The number of nitrogens with zero attached hydrogens (tertiary/aromatic N) is 2. The smallest absolute Gasteiger partial charge is 0.319 e. The van der Waals surface area contributed by atoms with E-state index in [0.717, 1.165) is 24.1 Å². The fourth-order valence-corrected chi connectivity index (χ4v) is 3.35. The van der Waals surface area contributed by atoms with Crippen molar-refractivity contribution >= 4 is 17.7 Å². The van der Waals surface area contributed by atoms with Crippen LogP contribution in [-0.4, -0.2) is 52.2 Å². The van der Waals surface area contributed by atoms with Gasteiger partial charge in [-0.05, 0) is 31.5 Å². The van der Waals surface area contributed by atoms with E-state index in [4.69, 9.17) is 5.11 Å². The number of urea groups is 1. The molecule has 0 saturated heterocycles. The Morgan fingerprint density at radius 3 is 2.59 bits per heavy atom. The van der Waals surface area contributed by atoms with E-state index in [1.54, 1.807) is 12.3 Å². The van der Waals surface area contributed by atoms with Crippen molar-refractivity contribution in [3.05, 3.63) is 48.7 Å². The number of carboxylic acids is 1. The van der Waals surface area contributed by atoms with E-state index in [9.17, 15) is 9.59 Å². The van der Waals surface area contributed by atoms with Crippen LogP contribution in [0.5, 0.6) is 0 Å². The van der Waals surface area contributed by atoms with Crippen LogP contribution in [0.4, 0.5) is 10.5 Å². The normalized spacial score (nSPS) is 18.6. The summed E-state index contributed by atoms with van der Waals surface area (Å²) in [5, 5.41) is 14.8. The predicted molar refractivity (Wildman–Crippen MR) is 104 cm³/mol. The Labute approximate surface area is 158 Å². The molecule has 3 rings (SSSR count). The summed E-state index contributed by atoms with van der Waals surface area (Å²) < 4.78 is 0. The molecule has 0 aliphatic heterocycles. The lowest BCUT2D eigenvalue weighted by atomic mass is 9.85. The number of carbonyl (C=O) groups excluding carboxylic acids is 1. The summed E-state index contributed by atoms with van der Waals surface area (Å²) in [6, 6.07) is 13.3. The Bertz CT molecular complexity index is 791. The number of likely N-dealkylation sites (N-methyl/N-ethyl adjacent to an activating group) is 1. The molecule has 1 fully saturated rings. The standard InChI is InChI=1S/C20H24N4O3/c1-2-24(13-18(25)26)16-11-15(12-16)22-20(27)23-17-9-6-10-21-19(17)14-7-4-3-5-8-14/h3-10,15-16H,2,11-13H2,1H3,(H,25,26)(H2,22,23,27). The third-order valence-corrected chi connectivity index (χ3v) is 4.81. The largest absolute Gasteiger partial charge is 0.480 e. The number of aromatic nitrogens is 1. The van der Waals surface area contributed by atoms with E-state index in [0.29, 0.717) is 12.2 Å². The summed E-state index contributed by atoms with van der Waals surface area (Å²) >= 11 is 0. The van der Waals surface area contributed by atoms with Crippen molar-refractivity contribution in [2.75, 3.05) is 18.4 Å². The Morgan fingerprint density at radius 1 is 1.19 bits per heavy atom. The lowest BCUT2D eigenvalue weighted by Crippen LogP contribution is -2.55. The molecule has 1 saturated carbocycles. The molecule has 0 radical (unpaired) electrons. The highest BCUT2D eigenvalue weighted by atomic mass is 16.4. The minimum atomic E-state index is -0.823. The average Bonchev–Trinajstić information content (AvgIpc) is 2.63. The first-order valence-electron chi connectivity index (χ1n) is 9.10. The minimum absolute atomic E-state index is 0.0379. The van der Waals surface area contributed by atoms with Crippen LogP contribution < -0.4 is 10.6 Å². The molecule has 1 aliphatic rings. The van der Waals surface area contributed by atoms with Crippen LogP contribution in [0.25, 0.3) is 11.3 Å². The highest BCUT2D eigenvalue weighted by Gasteiger charge is 2.34. The number of hydrogen-bond donors (Lipinski definition) is 3. The summed E-state index contributed by atoms with van der Waals surface area (Å²) in [6.45, 7) is 2.67. The van der Waals surface area contributed by atoms with Gasteiger partial charge in [-0.1, -0.05) is 37.3 Å². The fraction of sp³-hybridized carbons (Fsp3) is 0.350. The molecule has 1 heterocycles. The van der Waals surface area contributed by atoms with E-state index >= 15 is 0 Å². The zero-order chi connectivity index (χ0) is 19.2. The van der Waals surface area contributed by atoms with E-state index in [-0.39, 0.29) is 24.7 Å². The number of aliphatic carboxylic acids is 1. The number of hydrogen-bond acceptors (Lipinski definition) is 4. The second-order valence-electron chi connectivity index (χ2n) is 6.64. The van der Waals surface area contributed by atoms with E-state index in [2.05, 4.69) is 15.6 Å². The summed E-state index contributed by atoms with van der Waals surface area (Å²) in [5.74, 6) is -0.823. The van der Waals surface area contributed by atoms with Crippen LogP contribution in [0.1, 0.15) is 19.8 Å². The summed E-state index contributed by atoms with van der Waals surface area (Å²) in [4.78, 5) is 29.6. The van der Waals surface area contributed by atoms with Gasteiger partial charge in [0.25, 0.3) is 0 Å². The van der Waals surface area contributed by atoms with Gasteiger partial charge in [0.15, 0.2) is 0 Å². The van der Waals surface area contributed by atoms with Gasteiger partial charge in [-0.3, -0.25) is 14.7 Å². The highest BCUT2D eigenvalue weighted by Crippen LogP contribution is 2.27. The van der Waals surface area contributed by atoms with Crippen LogP contribution in [0.15, 0.2) is 48.7 Å². The maximum absolute atomic E-state index is 12.4. The second-order valence-corrected chi connectivity index (χ2v) is 6.64. The van der Waals surface area contributed by atoms with Gasteiger partial charge in [0.05, 0.1) is 17.9 Å². The van der Waals surface area contributed by atoms with Gasteiger partial charge >= 0.3 is 12.0 Å². The Balaban J connectivity index is 1.55. The molecule has 1 aliphatic carbocycles. The van der Waals surface area contributed by atoms with Crippen molar-refractivity contribution < 1.29 is 14.7 Å². The molecule has 142 valence electrons. The molecule has 1 aromatic heterocycles. The molecule has 0 unspecified atom stereocenters. The van der Waals surface area contributed by atoms with Crippen molar-refractivity contribution in [1.29, 1.82) is 0 Å². The number of carbonyl (C=O) groups is 2. The molecule has 7 heteroatoms. The second kappa shape index (κ2) is 8.64. The van der Waals surface area contributed by atoms with Crippen molar-refractivity contribution in [3.8, 4) is 11.3 Å². The number of carboxylic acid groups (broad SMARTS) is 1. The first-order chi connectivity index (χ1) is 13.1. The molecule has 1 aromatic carbocycles. The summed E-state index contributed by atoms with van der Waals surface area (Å²) in [7, 11) is 0. The predicted octanol–water partition coefficient (Wildman–Crippen LogP) is 2.81. The zero-order valence-electron chi connectivity index (χ0n) is 15.3. The fourth-order valence-electron chi connectivity index (χ4n) is 3.35. The number of rotatable bonds is 7. The number of nitrogens with one attached hydrogen (secondary N) is 2. The van der Waals surface area contributed by atoms with Gasteiger partial charge in [-0.2, -0.15) is 0 Å². The molecule has 0 bridgehead atoms. The number of amides is 2. The van der Waals surface area contributed by atoms with Gasteiger partial charge in [0.1, 0.15) is 0 Å². The third-order valence-electron chi connectivity index (χ3n) is 4.81. The number of pyridine rings is 1. The van der Waals surface area contributed by atoms with Gasteiger partial charge in [0, 0.05) is 23.8 Å². The third kappa shape index (κ3) is 4.83. The van der Waals surface area contributed by atoms with Gasteiger partial charge in [-0.15, -0.1) is 0 Å². The minimum Gasteiger partial charge on any atom is -0.480 e. The highest BCUT2D eigenvalue weighted by molar-refractivity contribution is 5.93. The summed E-state index contributed by atoms with van der Waals surface area (Å²) in [6.07, 6.45) is 3.21. The van der Waals surface area contributed by atoms with Crippen LogP contribution in [0.2, 0.25) is 0 Å². The van der Waals surface area contributed by atoms with E-state index in [1.807, 2.05) is 48.2 Å². The first kappa shape index (κ1) is 18.8. The van der Waals surface area contributed by atoms with Crippen molar-refractivity contribution in [3.63, 3.8) is 0 Å². The van der Waals surface area contributed by atoms with Gasteiger partial charge in [0.2, 0.25) is 0 Å². The van der Waals surface area contributed by atoms with Crippen molar-refractivity contribution in [2.45, 2.75) is 31.8 Å². The molecule has 0 atom stereocenters. The molecule has 2 aromatic rings. The van der Waals surface area contributed by atoms with Crippen LogP contribution in [-0.2, 0) is 4.79 Å². The quantitative estimate of drug-likeness (QED) is 0.699. The monoisotopic (exact) mass is 368 g/mol. The maximum atomic E-state index is 12.4. The molecule has 7 nitrogen and oxygen atoms in total. The van der Waals surface area contributed by atoms with Crippen molar-refractivity contribution in [1.82, 2.24) is 15.2 Å². The maximum Gasteiger partial charge on any atom is 0.319 e. The average molecular weight is 368 g/mol. The Hall–Kier alpha value is -2.93. The first-order valence-corrected chi connectivity index (χ1v) is 9.10. The zero-order valence-corrected chi connectivity index (χ0v) is 15.3. The molecular weight excluding hydrogens is 344 g/mol.